The second kappa shape index (κ2) is 7.33. The molecule has 1 atom stereocenters. The monoisotopic (exact) mass is 256 g/mol. The van der Waals surface area contributed by atoms with E-state index in [4.69, 9.17) is 11.5 Å². The molecule has 1 saturated heterocycles. The van der Waals surface area contributed by atoms with Gasteiger partial charge >= 0.3 is 0 Å². The van der Waals surface area contributed by atoms with Crippen molar-refractivity contribution in [1.29, 1.82) is 0 Å². The summed E-state index contributed by atoms with van der Waals surface area (Å²) in [5.74, 6) is -0.153. The van der Waals surface area contributed by atoms with Crippen molar-refractivity contribution in [1.82, 2.24) is 9.80 Å². The van der Waals surface area contributed by atoms with Gasteiger partial charge in [-0.1, -0.05) is 0 Å². The van der Waals surface area contributed by atoms with E-state index in [2.05, 4.69) is 0 Å². The minimum absolute atomic E-state index is 0.0623. The molecule has 1 unspecified atom stereocenters. The molecular weight excluding hydrogens is 232 g/mol. The number of rotatable bonds is 5. The zero-order valence-electron chi connectivity index (χ0n) is 11.1. The fourth-order valence-corrected chi connectivity index (χ4v) is 2.11. The van der Waals surface area contributed by atoms with Crippen LogP contribution in [0.4, 0.5) is 0 Å². The average molecular weight is 256 g/mol. The van der Waals surface area contributed by atoms with Gasteiger partial charge in [0.1, 0.15) is 0 Å². The third kappa shape index (κ3) is 5.46. The first-order chi connectivity index (χ1) is 8.49. The van der Waals surface area contributed by atoms with Crippen molar-refractivity contribution in [2.24, 2.45) is 11.5 Å². The van der Waals surface area contributed by atoms with E-state index in [0.717, 1.165) is 25.9 Å². The molecule has 0 aromatic carbocycles. The molecule has 6 heteroatoms. The summed E-state index contributed by atoms with van der Waals surface area (Å²) >= 11 is 0. The van der Waals surface area contributed by atoms with Crippen LogP contribution < -0.4 is 11.5 Å². The largest absolute Gasteiger partial charge is 0.369 e. The molecule has 1 rings (SSSR count). The van der Waals surface area contributed by atoms with E-state index < -0.39 is 0 Å². The van der Waals surface area contributed by atoms with Crippen LogP contribution in [0.5, 0.6) is 0 Å². The molecule has 1 heterocycles. The van der Waals surface area contributed by atoms with E-state index in [-0.39, 0.29) is 24.4 Å². The van der Waals surface area contributed by atoms with Crippen molar-refractivity contribution < 1.29 is 9.59 Å². The van der Waals surface area contributed by atoms with Crippen molar-refractivity contribution >= 4 is 11.8 Å². The van der Waals surface area contributed by atoms with Gasteiger partial charge in [-0.25, -0.2) is 0 Å². The predicted molar refractivity (Wildman–Crippen MR) is 69.7 cm³/mol. The van der Waals surface area contributed by atoms with E-state index in [1.165, 1.54) is 0 Å². The lowest BCUT2D eigenvalue weighted by atomic mass is 10.2. The quantitative estimate of drug-likeness (QED) is 0.669. The zero-order chi connectivity index (χ0) is 13.5. The van der Waals surface area contributed by atoms with Crippen LogP contribution in [0.25, 0.3) is 0 Å². The van der Waals surface area contributed by atoms with Crippen molar-refractivity contribution in [3.8, 4) is 0 Å². The molecule has 1 fully saturated rings. The van der Waals surface area contributed by atoms with Gasteiger partial charge in [-0.3, -0.25) is 14.5 Å². The lowest BCUT2D eigenvalue weighted by Crippen LogP contribution is -2.38. The summed E-state index contributed by atoms with van der Waals surface area (Å²) in [6, 6.07) is 0.0623. The molecule has 0 aromatic rings. The first-order valence-electron chi connectivity index (χ1n) is 6.53. The van der Waals surface area contributed by atoms with Gasteiger partial charge in [0.25, 0.3) is 0 Å². The SMILES string of the molecule is CC(N)CCC(=O)N1CCCN(CC(N)=O)CC1. The number of carbonyl (C=O) groups excluding carboxylic acids is 2. The maximum absolute atomic E-state index is 11.9. The molecule has 4 N–H and O–H groups in total. The van der Waals surface area contributed by atoms with Crippen molar-refractivity contribution in [2.45, 2.75) is 32.2 Å². The van der Waals surface area contributed by atoms with Gasteiger partial charge in [0.2, 0.25) is 11.8 Å². The third-order valence-corrected chi connectivity index (χ3v) is 3.13. The van der Waals surface area contributed by atoms with E-state index in [1.807, 2.05) is 16.7 Å². The molecule has 2 amide bonds. The summed E-state index contributed by atoms with van der Waals surface area (Å²) in [4.78, 5) is 26.7. The number of nitrogens with zero attached hydrogens (tertiary/aromatic N) is 2. The lowest BCUT2D eigenvalue weighted by molar-refractivity contribution is -0.131. The summed E-state index contributed by atoms with van der Waals surface area (Å²) in [5.41, 5.74) is 10.8. The van der Waals surface area contributed by atoms with Crippen molar-refractivity contribution in [3.05, 3.63) is 0 Å². The minimum atomic E-state index is -0.313. The first-order valence-corrected chi connectivity index (χ1v) is 6.53. The summed E-state index contributed by atoms with van der Waals surface area (Å²) in [6.07, 6.45) is 2.12. The van der Waals surface area contributed by atoms with Crippen LogP contribution in [0.15, 0.2) is 0 Å². The highest BCUT2D eigenvalue weighted by molar-refractivity contribution is 5.76. The molecule has 104 valence electrons. The molecule has 0 spiro atoms. The van der Waals surface area contributed by atoms with Crippen LogP contribution in [0.3, 0.4) is 0 Å². The molecule has 0 bridgehead atoms. The number of primary amides is 1. The highest BCUT2D eigenvalue weighted by atomic mass is 16.2. The molecule has 0 aromatic heterocycles. The fourth-order valence-electron chi connectivity index (χ4n) is 2.11. The van der Waals surface area contributed by atoms with Crippen LogP contribution in [-0.4, -0.2) is 60.4 Å². The molecule has 0 saturated carbocycles. The van der Waals surface area contributed by atoms with Gasteiger partial charge < -0.3 is 16.4 Å². The highest BCUT2D eigenvalue weighted by Crippen LogP contribution is 2.06. The van der Waals surface area contributed by atoms with Crippen molar-refractivity contribution in [3.63, 3.8) is 0 Å². The second-order valence-electron chi connectivity index (χ2n) is 4.99. The van der Waals surface area contributed by atoms with Crippen LogP contribution in [-0.2, 0) is 9.59 Å². The molecule has 6 nitrogen and oxygen atoms in total. The Bertz CT molecular complexity index is 294. The van der Waals surface area contributed by atoms with Crippen LogP contribution in [0.1, 0.15) is 26.2 Å². The van der Waals surface area contributed by atoms with Crippen LogP contribution in [0.2, 0.25) is 0 Å². The Labute approximate surface area is 108 Å². The molecule has 1 aliphatic rings. The topological polar surface area (TPSA) is 92.7 Å². The van der Waals surface area contributed by atoms with Gasteiger partial charge in [-0.15, -0.1) is 0 Å². The summed E-state index contributed by atoms with van der Waals surface area (Å²) in [5, 5.41) is 0. The Morgan fingerprint density at radius 3 is 2.56 bits per heavy atom. The molecule has 0 radical (unpaired) electrons. The number of amides is 2. The molecular formula is C12H24N4O2. The highest BCUT2D eigenvalue weighted by Gasteiger charge is 2.19. The van der Waals surface area contributed by atoms with Gasteiger partial charge in [-0.05, 0) is 19.8 Å². The number of carbonyl (C=O) groups is 2. The maximum atomic E-state index is 11.9. The van der Waals surface area contributed by atoms with E-state index in [0.29, 0.717) is 19.5 Å². The Hall–Kier alpha value is -1.14. The minimum Gasteiger partial charge on any atom is -0.369 e. The van der Waals surface area contributed by atoms with Crippen LogP contribution >= 0.6 is 0 Å². The fraction of sp³-hybridized carbons (Fsp3) is 0.833. The van der Waals surface area contributed by atoms with Gasteiger partial charge in [-0.2, -0.15) is 0 Å². The summed E-state index contributed by atoms with van der Waals surface area (Å²) in [6.45, 7) is 5.15. The normalized spacial score (nSPS) is 19.3. The van der Waals surface area contributed by atoms with Crippen LogP contribution in [0, 0.1) is 0 Å². The van der Waals surface area contributed by atoms with Gasteiger partial charge in [0, 0.05) is 38.6 Å². The average Bonchev–Trinajstić information content (AvgIpc) is 2.50. The molecule has 1 aliphatic heterocycles. The number of hydrogen-bond acceptors (Lipinski definition) is 4. The Morgan fingerprint density at radius 1 is 1.22 bits per heavy atom. The predicted octanol–water partition coefficient (Wildman–Crippen LogP) is -0.867. The van der Waals surface area contributed by atoms with E-state index in [9.17, 15) is 9.59 Å². The smallest absolute Gasteiger partial charge is 0.231 e. The third-order valence-electron chi connectivity index (χ3n) is 3.13. The van der Waals surface area contributed by atoms with E-state index in [1.54, 1.807) is 0 Å². The maximum Gasteiger partial charge on any atom is 0.231 e. The Balaban J connectivity index is 2.36. The number of nitrogens with two attached hydrogens (primary N) is 2. The molecule has 18 heavy (non-hydrogen) atoms. The van der Waals surface area contributed by atoms with E-state index >= 15 is 0 Å². The number of hydrogen-bond donors (Lipinski definition) is 2. The first kappa shape index (κ1) is 14.9. The van der Waals surface area contributed by atoms with Gasteiger partial charge in [0.15, 0.2) is 0 Å². The van der Waals surface area contributed by atoms with Crippen molar-refractivity contribution in [2.75, 3.05) is 32.7 Å². The van der Waals surface area contributed by atoms with Gasteiger partial charge in [0.05, 0.1) is 6.54 Å². The lowest BCUT2D eigenvalue weighted by Gasteiger charge is -2.21. The zero-order valence-corrected chi connectivity index (χ0v) is 11.1. The standard InChI is InChI=1S/C12H24N4O2/c1-10(13)3-4-12(18)16-6-2-5-15(7-8-16)9-11(14)17/h10H,2-9,13H2,1H3,(H2,14,17). The summed E-state index contributed by atoms with van der Waals surface area (Å²) in [7, 11) is 0. The molecule has 0 aliphatic carbocycles. The Kier molecular flexibility index (Phi) is 6.07. The summed E-state index contributed by atoms with van der Waals surface area (Å²) < 4.78 is 0. The second-order valence-corrected chi connectivity index (χ2v) is 4.99. The Morgan fingerprint density at radius 2 is 1.94 bits per heavy atom.